The van der Waals surface area contributed by atoms with Gasteiger partial charge < -0.3 is 19.7 Å². The van der Waals surface area contributed by atoms with Crippen molar-refractivity contribution in [3.63, 3.8) is 0 Å². The summed E-state index contributed by atoms with van der Waals surface area (Å²) in [5.74, 6) is 0.821. The lowest BCUT2D eigenvalue weighted by molar-refractivity contribution is 0.0341. The number of nitrogens with zero attached hydrogens (tertiary/aromatic N) is 2. The summed E-state index contributed by atoms with van der Waals surface area (Å²) in [4.78, 5) is 16.5. The summed E-state index contributed by atoms with van der Waals surface area (Å²) >= 11 is 0. The van der Waals surface area contributed by atoms with E-state index in [1.165, 1.54) is 11.1 Å². The van der Waals surface area contributed by atoms with Gasteiger partial charge in [-0.25, -0.2) is 4.79 Å². The first-order valence-electron chi connectivity index (χ1n) is 10.2. The van der Waals surface area contributed by atoms with E-state index in [0.717, 1.165) is 44.2 Å². The van der Waals surface area contributed by atoms with Gasteiger partial charge in [-0.05, 0) is 30.2 Å². The van der Waals surface area contributed by atoms with Crippen LogP contribution >= 0.6 is 0 Å². The topological polar surface area (TPSA) is 54.0 Å². The first kappa shape index (κ1) is 21.1. The number of aryl methyl sites for hydroxylation is 1. The number of carbonyl (C=O) groups is 1. The minimum Gasteiger partial charge on any atom is -0.492 e. The Morgan fingerprint density at radius 1 is 1.10 bits per heavy atom. The Kier molecular flexibility index (Phi) is 7.90. The molecule has 1 aliphatic heterocycles. The van der Waals surface area contributed by atoms with Gasteiger partial charge in [0.15, 0.2) is 0 Å². The number of nitrogens with one attached hydrogen (secondary N) is 1. The molecule has 3 rings (SSSR count). The molecule has 156 valence electrons. The van der Waals surface area contributed by atoms with Crippen LogP contribution in [0.5, 0.6) is 5.75 Å². The third kappa shape index (κ3) is 6.76. The van der Waals surface area contributed by atoms with Gasteiger partial charge in [0.1, 0.15) is 12.4 Å². The monoisotopic (exact) mass is 397 g/mol. The highest BCUT2D eigenvalue weighted by molar-refractivity contribution is 5.73. The van der Waals surface area contributed by atoms with Crippen LogP contribution in [-0.4, -0.2) is 62.3 Å². The molecule has 1 N–H and O–H groups in total. The van der Waals surface area contributed by atoms with Crippen molar-refractivity contribution in [3.05, 3.63) is 65.2 Å². The Labute approximate surface area is 173 Å². The lowest BCUT2D eigenvalue weighted by atomic mass is 10.1. The van der Waals surface area contributed by atoms with E-state index >= 15 is 0 Å². The predicted molar refractivity (Wildman–Crippen MR) is 114 cm³/mol. The number of hydrogen-bond donors (Lipinski definition) is 1. The van der Waals surface area contributed by atoms with Crippen LogP contribution in [0.25, 0.3) is 0 Å². The summed E-state index contributed by atoms with van der Waals surface area (Å²) in [6, 6.07) is 16.1. The van der Waals surface area contributed by atoms with Crippen molar-refractivity contribution in [3.8, 4) is 5.75 Å². The Morgan fingerprint density at radius 3 is 2.52 bits per heavy atom. The third-order valence-electron chi connectivity index (χ3n) is 5.11. The molecule has 2 aromatic carbocycles. The number of morpholine rings is 1. The molecule has 0 bridgehead atoms. The van der Waals surface area contributed by atoms with Gasteiger partial charge in [0.25, 0.3) is 0 Å². The first-order chi connectivity index (χ1) is 14.1. The summed E-state index contributed by atoms with van der Waals surface area (Å²) < 4.78 is 11.1. The van der Waals surface area contributed by atoms with Crippen LogP contribution in [0, 0.1) is 6.92 Å². The fourth-order valence-corrected chi connectivity index (χ4v) is 3.23. The van der Waals surface area contributed by atoms with Gasteiger partial charge in [-0.1, -0.05) is 42.0 Å². The SMILES string of the molecule is Cc1ccc(OCCN(C)C(=O)NCc2ccccc2CN2CCOCC2)cc1. The van der Waals surface area contributed by atoms with Crippen LogP contribution in [0.4, 0.5) is 4.79 Å². The van der Waals surface area contributed by atoms with Crippen molar-refractivity contribution in [2.24, 2.45) is 0 Å². The van der Waals surface area contributed by atoms with Crippen LogP contribution < -0.4 is 10.1 Å². The zero-order chi connectivity index (χ0) is 20.5. The molecule has 0 atom stereocenters. The maximum Gasteiger partial charge on any atom is 0.317 e. The molecule has 1 heterocycles. The summed E-state index contributed by atoms with van der Waals surface area (Å²) in [5, 5.41) is 3.02. The second-order valence-corrected chi connectivity index (χ2v) is 7.40. The maximum absolute atomic E-state index is 12.4. The van der Waals surface area contributed by atoms with Crippen LogP contribution in [-0.2, 0) is 17.8 Å². The normalized spacial score (nSPS) is 14.4. The molecule has 1 saturated heterocycles. The van der Waals surface area contributed by atoms with E-state index in [1.807, 2.05) is 37.3 Å². The maximum atomic E-state index is 12.4. The summed E-state index contributed by atoms with van der Waals surface area (Å²) in [5.41, 5.74) is 3.60. The summed E-state index contributed by atoms with van der Waals surface area (Å²) in [7, 11) is 1.79. The van der Waals surface area contributed by atoms with Crippen LogP contribution in [0.15, 0.2) is 48.5 Å². The number of likely N-dealkylation sites (N-methyl/N-ethyl adjacent to an activating group) is 1. The molecular weight excluding hydrogens is 366 g/mol. The van der Waals surface area contributed by atoms with Crippen molar-refractivity contribution in [1.29, 1.82) is 0 Å². The van der Waals surface area contributed by atoms with Crippen molar-refractivity contribution < 1.29 is 14.3 Å². The van der Waals surface area contributed by atoms with Crippen LogP contribution in [0.3, 0.4) is 0 Å². The molecule has 0 saturated carbocycles. The largest absolute Gasteiger partial charge is 0.492 e. The number of ether oxygens (including phenoxy) is 2. The van der Waals surface area contributed by atoms with Crippen molar-refractivity contribution >= 4 is 6.03 Å². The van der Waals surface area contributed by atoms with E-state index in [0.29, 0.717) is 19.7 Å². The molecule has 6 heteroatoms. The Morgan fingerprint density at radius 2 is 1.79 bits per heavy atom. The molecule has 1 aliphatic rings. The molecule has 6 nitrogen and oxygen atoms in total. The van der Waals surface area contributed by atoms with E-state index in [9.17, 15) is 4.79 Å². The molecule has 1 fully saturated rings. The minimum absolute atomic E-state index is 0.0984. The first-order valence-corrected chi connectivity index (χ1v) is 10.2. The molecule has 0 radical (unpaired) electrons. The lowest BCUT2D eigenvalue weighted by Gasteiger charge is -2.27. The van der Waals surface area contributed by atoms with Gasteiger partial charge in [-0.15, -0.1) is 0 Å². The molecule has 29 heavy (non-hydrogen) atoms. The van der Waals surface area contributed by atoms with Crippen LogP contribution in [0.2, 0.25) is 0 Å². The lowest BCUT2D eigenvalue weighted by Crippen LogP contribution is -2.39. The summed E-state index contributed by atoms with van der Waals surface area (Å²) in [6.45, 7) is 7.90. The number of amides is 2. The van der Waals surface area contributed by atoms with Crippen molar-refractivity contribution in [2.45, 2.75) is 20.0 Å². The highest BCUT2D eigenvalue weighted by atomic mass is 16.5. The number of hydrogen-bond acceptors (Lipinski definition) is 4. The fraction of sp³-hybridized carbons (Fsp3) is 0.435. The Balaban J connectivity index is 1.44. The number of rotatable bonds is 8. The van der Waals surface area contributed by atoms with Crippen molar-refractivity contribution in [1.82, 2.24) is 15.1 Å². The highest BCUT2D eigenvalue weighted by Gasteiger charge is 2.14. The Bertz CT molecular complexity index is 773. The standard InChI is InChI=1S/C23H31N3O3/c1-19-7-9-22(10-8-19)29-16-11-25(2)23(27)24-17-20-5-3-4-6-21(20)18-26-12-14-28-15-13-26/h3-10H,11-18H2,1-2H3,(H,24,27). The average Bonchev–Trinajstić information content (AvgIpc) is 2.75. The number of benzene rings is 2. The van der Waals surface area contributed by atoms with Gasteiger partial charge in [0.2, 0.25) is 0 Å². The smallest absolute Gasteiger partial charge is 0.317 e. The van der Waals surface area contributed by atoms with Gasteiger partial charge in [-0.3, -0.25) is 4.90 Å². The van der Waals surface area contributed by atoms with Crippen molar-refractivity contribution in [2.75, 3.05) is 46.5 Å². The number of carbonyl (C=O) groups excluding carboxylic acids is 1. The predicted octanol–water partition coefficient (Wildman–Crippen LogP) is 3.05. The molecule has 0 unspecified atom stereocenters. The highest BCUT2D eigenvalue weighted by Crippen LogP contribution is 2.13. The van der Waals surface area contributed by atoms with Gasteiger partial charge in [-0.2, -0.15) is 0 Å². The fourth-order valence-electron chi connectivity index (χ4n) is 3.23. The third-order valence-corrected chi connectivity index (χ3v) is 5.11. The number of urea groups is 1. The second-order valence-electron chi connectivity index (χ2n) is 7.40. The second kappa shape index (κ2) is 10.8. The molecule has 2 amide bonds. The molecule has 0 aromatic heterocycles. The van der Waals surface area contributed by atoms with Gasteiger partial charge >= 0.3 is 6.03 Å². The quantitative estimate of drug-likeness (QED) is 0.744. The van der Waals surface area contributed by atoms with E-state index in [4.69, 9.17) is 9.47 Å². The van der Waals surface area contributed by atoms with E-state index in [-0.39, 0.29) is 6.03 Å². The molecule has 2 aromatic rings. The van der Waals surface area contributed by atoms with E-state index in [2.05, 4.69) is 28.4 Å². The zero-order valence-electron chi connectivity index (χ0n) is 17.4. The van der Waals surface area contributed by atoms with Gasteiger partial charge in [0.05, 0.1) is 19.8 Å². The minimum atomic E-state index is -0.0984. The van der Waals surface area contributed by atoms with Crippen LogP contribution in [0.1, 0.15) is 16.7 Å². The molecule has 0 spiro atoms. The van der Waals surface area contributed by atoms with E-state index in [1.54, 1.807) is 11.9 Å². The zero-order valence-corrected chi connectivity index (χ0v) is 17.4. The molecule has 0 aliphatic carbocycles. The average molecular weight is 398 g/mol. The summed E-state index contributed by atoms with van der Waals surface area (Å²) in [6.07, 6.45) is 0. The Hall–Kier alpha value is -2.57. The van der Waals surface area contributed by atoms with E-state index < -0.39 is 0 Å². The van der Waals surface area contributed by atoms with Gasteiger partial charge in [0, 0.05) is 33.2 Å². The molecular formula is C23H31N3O3.